The van der Waals surface area contributed by atoms with E-state index in [1.54, 1.807) is 51.8 Å². The first-order chi connectivity index (χ1) is 13.0. The average Bonchev–Trinajstić information content (AvgIpc) is 2.67. The van der Waals surface area contributed by atoms with Crippen LogP contribution >= 0.6 is 0 Å². The van der Waals surface area contributed by atoms with Gasteiger partial charge in [-0.3, -0.25) is 4.79 Å². The summed E-state index contributed by atoms with van der Waals surface area (Å²) in [5.74, 6) is 1.41. The van der Waals surface area contributed by atoms with Crippen molar-refractivity contribution in [2.75, 3.05) is 53.8 Å². The highest BCUT2D eigenvalue weighted by Gasteiger charge is 2.13. The van der Waals surface area contributed by atoms with Crippen molar-refractivity contribution in [1.82, 2.24) is 15.2 Å². The Bertz CT molecular complexity index is 738. The summed E-state index contributed by atoms with van der Waals surface area (Å²) in [7, 11) is 8.58. The number of benzene rings is 1. The van der Waals surface area contributed by atoms with Crippen LogP contribution in [-0.2, 0) is 0 Å². The van der Waals surface area contributed by atoms with Crippen molar-refractivity contribution in [3.05, 3.63) is 36.2 Å². The van der Waals surface area contributed by atoms with Crippen LogP contribution in [0.1, 0.15) is 10.5 Å². The van der Waals surface area contributed by atoms with Gasteiger partial charge in [0.05, 0.1) is 33.2 Å². The Morgan fingerprint density at radius 1 is 1.04 bits per heavy atom. The van der Waals surface area contributed by atoms with Gasteiger partial charge in [-0.1, -0.05) is 0 Å². The Labute approximate surface area is 159 Å². The second-order valence-electron chi connectivity index (χ2n) is 6.03. The van der Waals surface area contributed by atoms with Crippen molar-refractivity contribution >= 4 is 17.3 Å². The van der Waals surface area contributed by atoms with E-state index in [4.69, 9.17) is 14.2 Å². The highest BCUT2D eigenvalue weighted by molar-refractivity contribution is 5.92. The molecule has 0 fully saturated rings. The normalized spacial score (nSPS) is 10.4. The Balaban J connectivity index is 2.09. The number of ether oxygens (including phenoxy) is 3. The number of carbonyl (C=O) groups is 1. The fraction of sp³-hybridized carbons (Fsp3) is 0.368. The van der Waals surface area contributed by atoms with Gasteiger partial charge in [0.1, 0.15) is 5.69 Å². The van der Waals surface area contributed by atoms with E-state index in [0.29, 0.717) is 29.5 Å². The summed E-state index contributed by atoms with van der Waals surface area (Å²) >= 11 is 0. The van der Waals surface area contributed by atoms with Crippen molar-refractivity contribution in [3.63, 3.8) is 0 Å². The summed E-state index contributed by atoms with van der Waals surface area (Å²) in [6, 6.07) is 7.05. The molecule has 8 heteroatoms. The molecule has 0 unspecified atom stereocenters. The molecule has 146 valence electrons. The number of hydrogen-bond acceptors (Lipinski definition) is 7. The molecule has 0 saturated heterocycles. The van der Waals surface area contributed by atoms with Crippen LogP contribution in [-0.4, -0.2) is 64.3 Å². The summed E-state index contributed by atoms with van der Waals surface area (Å²) in [5, 5.41) is 6.04. The molecule has 0 aliphatic carbocycles. The van der Waals surface area contributed by atoms with Crippen molar-refractivity contribution in [2.24, 2.45) is 0 Å². The summed E-state index contributed by atoms with van der Waals surface area (Å²) in [6.07, 6.45) is 1.60. The molecule has 1 heterocycles. The third kappa shape index (κ3) is 5.49. The lowest BCUT2D eigenvalue weighted by molar-refractivity contribution is 0.0946. The smallest absolute Gasteiger partial charge is 0.269 e. The second kappa shape index (κ2) is 9.63. The van der Waals surface area contributed by atoms with Gasteiger partial charge in [-0.05, 0) is 26.2 Å². The third-order valence-corrected chi connectivity index (χ3v) is 3.79. The number of amides is 1. The lowest BCUT2D eigenvalue weighted by Crippen LogP contribution is -2.31. The summed E-state index contributed by atoms with van der Waals surface area (Å²) in [5.41, 5.74) is 1.84. The first kappa shape index (κ1) is 20.3. The van der Waals surface area contributed by atoms with E-state index in [1.807, 2.05) is 19.0 Å². The number of pyridine rings is 1. The first-order valence-electron chi connectivity index (χ1n) is 8.44. The Kier molecular flexibility index (Phi) is 7.25. The monoisotopic (exact) mass is 374 g/mol. The maximum Gasteiger partial charge on any atom is 0.269 e. The number of methoxy groups -OCH3 is 3. The molecule has 1 amide bonds. The van der Waals surface area contributed by atoms with Gasteiger partial charge in [0.15, 0.2) is 11.5 Å². The number of anilines is 2. The lowest BCUT2D eigenvalue weighted by Gasteiger charge is -2.15. The number of carbonyl (C=O) groups excluding carboxylic acids is 1. The largest absolute Gasteiger partial charge is 0.493 e. The van der Waals surface area contributed by atoms with Gasteiger partial charge in [-0.2, -0.15) is 0 Å². The van der Waals surface area contributed by atoms with E-state index in [0.717, 1.165) is 17.9 Å². The van der Waals surface area contributed by atoms with Crippen LogP contribution in [0.5, 0.6) is 17.2 Å². The fourth-order valence-electron chi connectivity index (χ4n) is 2.41. The molecule has 1 aromatic heterocycles. The predicted molar refractivity (Wildman–Crippen MR) is 105 cm³/mol. The van der Waals surface area contributed by atoms with Crippen LogP contribution in [0.4, 0.5) is 11.4 Å². The standard InChI is InChI=1S/C19H26N4O4/c1-23(2)9-8-20-19(24)15-7-6-13(12-21-15)22-14-10-16(25-3)18(27-5)17(11-14)26-4/h6-7,10-12,22H,8-9H2,1-5H3,(H,20,24). The second-order valence-corrected chi connectivity index (χ2v) is 6.03. The number of hydrogen-bond donors (Lipinski definition) is 2. The molecule has 0 aliphatic heterocycles. The van der Waals surface area contributed by atoms with Crippen LogP contribution in [0.15, 0.2) is 30.5 Å². The SMILES string of the molecule is COc1cc(Nc2ccc(C(=O)NCCN(C)C)nc2)cc(OC)c1OC. The zero-order chi connectivity index (χ0) is 19.8. The van der Waals surface area contributed by atoms with E-state index < -0.39 is 0 Å². The van der Waals surface area contributed by atoms with Gasteiger partial charge in [-0.25, -0.2) is 4.98 Å². The van der Waals surface area contributed by atoms with E-state index in [9.17, 15) is 4.79 Å². The predicted octanol–water partition coefficient (Wildman–Crippen LogP) is 2.14. The van der Waals surface area contributed by atoms with Crippen LogP contribution < -0.4 is 24.8 Å². The molecule has 0 radical (unpaired) electrons. The molecular formula is C19H26N4O4. The lowest BCUT2D eigenvalue weighted by atomic mass is 10.2. The molecule has 2 rings (SSSR count). The van der Waals surface area contributed by atoms with Crippen molar-refractivity contribution in [3.8, 4) is 17.2 Å². The van der Waals surface area contributed by atoms with Gasteiger partial charge in [0.25, 0.3) is 5.91 Å². The topological polar surface area (TPSA) is 85.0 Å². The number of aromatic nitrogens is 1. The van der Waals surface area contributed by atoms with Gasteiger partial charge < -0.3 is 29.7 Å². The zero-order valence-electron chi connectivity index (χ0n) is 16.3. The molecule has 0 spiro atoms. The van der Waals surface area contributed by atoms with E-state index >= 15 is 0 Å². The summed E-state index contributed by atoms with van der Waals surface area (Å²) < 4.78 is 16.0. The molecule has 2 aromatic rings. The summed E-state index contributed by atoms with van der Waals surface area (Å²) in [6.45, 7) is 1.34. The molecule has 2 N–H and O–H groups in total. The molecule has 0 bridgehead atoms. The van der Waals surface area contributed by atoms with Gasteiger partial charge in [-0.15, -0.1) is 0 Å². The molecule has 27 heavy (non-hydrogen) atoms. The van der Waals surface area contributed by atoms with Gasteiger partial charge >= 0.3 is 0 Å². The molecule has 8 nitrogen and oxygen atoms in total. The Morgan fingerprint density at radius 3 is 2.19 bits per heavy atom. The number of likely N-dealkylation sites (N-methyl/N-ethyl adjacent to an activating group) is 1. The fourth-order valence-corrected chi connectivity index (χ4v) is 2.41. The number of nitrogens with zero attached hydrogens (tertiary/aromatic N) is 2. The van der Waals surface area contributed by atoms with Gasteiger partial charge in [0, 0.05) is 30.9 Å². The maximum atomic E-state index is 12.1. The van der Waals surface area contributed by atoms with E-state index in [-0.39, 0.29) is 5.91 Å². The minimum atomic E-state index is -0.198. The van der Waals surface area contributed by atoms with Crippen LogP contribution in [0, 0.1) is 0 Å². The Morgan fingerprint density at radius 2 is 1.70 bits per heavy atom. The first-order valence-corrected chi connectivity index (χ1v) is 8.44. The highest BCUT2D eigenvalue weighted by atomic mass is 16.5. The third-order valence-electron chi connectivity index (χ3n) is 3.79. The van der Waals surface area contributed by atoms with Crippen LogP contribution in [0.3, 0.4) is 0 Å². The van der Waals surface area contributed by atoms with E-state index in [1.165, 1.54) is 0 Å². The maximum absolute atomic E-state index is 12.1. The molecule has 1 aromatic carbocycles. The molecule has 0 atom stereocenters. The van der Waals surface area contributed by atoms with Crippen molar-refractivity contribution in [1.29, 1.82) is 0 Å². The quantitative estimate of drug-likeness (QED) is 0.696. The number of nitrogens with one attached hydrogen (secondary N) is 2. The molecule has 0 saturated carbocycles. The zero-order valence-corrected chi connectivity index (χ0v) is 16.3. The van der Waals surface area contributed by atoms with Crippen molar-refractivity contribution < 1.29 is 19.0 Å². The van der Waals surface area contributed by atoms with Crippen LogP contribution in [0.2, 0.25) is 0 Å². The molecule has 0 aliphatic rings. The minimum Gasteiger partial charge on any atom is -0.493 e. The van der Waals surface area contributed by atoms with Crippen molar-refractivity contribution in [2.45, 2.75) is 0 Å². The molecular weight excluding hydrogens is 348 g/mol. The van der Waals surface area contributed by atoms with Crippen LogP contribution in [0.25, 0.3) is 0 Å². The van der Waals surface area contributed by atoms with Gasteiger partial charge in [0.2, 0.25) is 5.75 Å². The van der Waals surface area contributed by atoms with E-state index in [2.05, 4.69) is 15.6 Å². The highest BCUT2D eigenvalue weighted by Crippen LogP contribution is 2.40. The Hall–Kier alpha value is -3.00. The minimum absolute atomic E-state index is 0.198. The number of rotatable bonds is 9. The summed E-state index contributed by atoms with van der Waals surface area (Å²) in [4.78, 5) is 18.3. The average molecular weight is 374 g/mol.